The molecule has 0 fully saturated rings. The second-order valence-electron chi connectivity index (χ2n) is 4.20. The van der Waals surface area contributed by atoms with Crippen LogP contribution in [0.5, 0.6) is 0 Å². The van der Waals surface area contributed by atoms with Crippen molar-refractivity contribution >= 4 is 38.4 Å². The number of halogens is 2. The summed E-state index contributed by atoms with van der Waals surface area (Å²) in [6.07, 6.45) is 2.02. The molecule has 2 heterocycles. The van der Waals surface area contributed by atoms with Gasteiger partial charge >= 0.3 is 0 Å². The van der Waals surface area contributed by atoms with Gasteiger partial charge < -0.3 is 0 Å². The Morgan fingerprint density at radius 2 is 2.29 bits per heavy atom. The second kappa shape index (κ2) is 4.10. The van der Waals surface area contributed by atoms with E-state index in [-0.39, 0.29) is 10.4 Å². The zero-order valence-corrected chi connectivity index (χ0v) is 11.3. The van der Waals surface area contributed by atoms with E-state index in [2.05, 4.69) is 20.9 Å². The van der Waals surface area contributed by atoms with Crippen molar-refractivity contribution in [1.82, 2.24) is 9.55 Å². The van der Waals surface area contributed by atoms with Crippen molar-refractivity contribution in [2.24, 2.45) is 0 Å². The Morgan fingerprint density at radius 1 is 1.47 bits per heavy atom. The van der Waals surface area contributed by atoms with Gasteiger partial charge in [-0.15, -0.1) is 0 Å². The fourth-order valence-corrected chi connectivity index (χ4v) is 3.06. The van der Waals surface area contributed by atoms with Crippen LogP contribution in [0.2, 0.25) is 5.02 Å². The van der Waals surface area contributed by atoms with Crippen molar-refractivity contribution in [2.45, 2.75) is 24.2 Å². The molecule has 17 heavy (non-hydrogen) atoms. The van der Waals surface area contributed by atoms with Gasteiger partial charge in [0.25, 0.3) is 5.56 Å². The number of benzene rings is 1. The van der Waals surface area contributed by atoms with Crippen LogP contribution in [0, 0.1) is 0 Å². The minimum atomic E-state index is 0.0332. The van der Waals surface area contributed by atoms with Crippen LogP contribution in [0.1, 0.15) is 23.5 Å². The Morgan fingerprint density at radius 3 is 3.12 bits per heavy atom. The van der Waals surface area contributed by atoms with Crippen molar-refractivity contribution in [2.75, 3.05) is 0 Å². The van der Waals surface area contributed by atoms with Crippen molar-refractivity contribution in [3.63, 3.8) is 0 Å². The number of nitrogens with zero attached hydrogens (tertiary/aromatic N) is 2. The van der Waals surface area contributed by atoms with Crippen LogP contribution >= 0.6 is 27.5 Å². The van der Waals surface area contributed by atoms with E-state index in [4.69, 9.17) is 11.6 Å². The highest BCUT2D eigenvalue weighted by Gasteiger charge is 2.21. The van der Waals surface area contributed by atoms with Crippen molar-refractivity contribution in [3.05, 3.63) is 39.4 Å². The first kappa shape index (κ1) is 11.2. The van der Waals surface area contributed by atoms with Crippen LogP contribution < -0.4 is 5.56 Å². The maximum absolute atomic E-state index is 12.3. The van der Waals surface area contributed by atoms with E-state index < -0.39 is 0 Å². The summed E-state index contributed by atoms with van der Waals surface area (Å²) in [4.78, 5) is 17.0. The largest absolute Gasteiger partial charge is 0.295 e. The van der Waals surface area contributed by atoms with Gasteiger partial charge in [-0.2, -0.15) is 0 Å². The summed E-state index contributed by atoms with van der Waals surface area (Å²) >= 11 is 9.50. The highest BCUT2D eigenvalue weighted by atomic mass is 79.9. The summed E-state index contributed by atoms with van der Waals surface area (Å²) in [6, 6.07) is 5.22. The molecule has 0 bridgehead atoms. The smallest absolute Gasteiger partial charge is 0.261 e. The maximum Gasteiger partial charge on any atom is 0.261 e. The Balaban J connectivity index is 2.39. The molecule has 0 unspecified atom stereocenters. The minimum Gasteiger partial charge on any atom is -0.295 e. The van der Waals surface area contributed by atoms with Crippen LogP contribution in [-0.4, -0.2) is 9.55 Å². The van der Waals surface area contributed by atoms with Crippen LogP contribution in [0.25, 0.3) is 10.9 Å². The van der Waals surface area contributed by atoms with Crippen LogP contribution in [0.15, 0.2) is 23.0 Å². The minimum absolute atomic E-state index is 0.0332. The lowest BCUT2D eigenvalue weighted by molar-refractivity contribution is 0.498. The Labute approximate surface area is 112 Å². The van der Waals surface area contributed by atoms with Crippen LogP contribution in [-0.2, 0) is 6.54 Å². The molecule has 1 atom stereocenters. The fourth-order valence-electron chi connectivity index (χ4n) is 2.22. The molecule has 0 saturated carbocycles. The Bertz CT molecular complexity index is 653. The third-order valence-electron chi connectivity index (χ3n) is 3.07. The normalized spacial score (nSPS) is 19.3. The zero-order valence-electron chi connectivity index (χ0n) is 8.99. The van der Waals surface area contributed by atoms with Crippen molar-refractivity contribution < 1.29 is 0 Å². The topological polar surface area (TPSA) is 34.9 Å². The zero-order chi connectivity index (χ0) is 12.0. The monoisotopic (exact) mass is 312 g/mol. The van der Waals surface area contributed by atoms with Gasteiger partial charge in [0.2, 0.25) is 0 Å². The summed E-state index contributed by atoms with van der Waals surface area (Å²) in [5.74, 6) is 0.816. The summed E-state index contributed by atoms with van der Waals surface area (Å²) in [5.41, 5.74) is 0.714. The van der Waals surface area contributed by atoms with Gasteiger partial charge in [0.15, 0.2) is 0 Å². The lowest BCUT2D eigenvalue weighted by Crippen LogP contribution is -2.29. The summed E-state index contributed by atoms with van der Waals surface area (Å²) in [7, 11) is 0. The molecule has 1 aliphatic rings. The average molecular weight is 314 g/mol. The van der Waals surface area contributed by atoms with Gasteiger partial charge in [-0.1, -0.05) is 27.5 Å². The molecular weight excluding hydrogens is 304 g/mol. The molecule has 0 saturated heterocycles. The first-order chi connectivity index (χ1) is 8.16. The molecule has 0 aliphatic carbocycles. The molecule has 1 aromatic heterocycles. The molecule has 0 radical (unpaired) electrons. The predicted octanol–water partition coefficient (Wildman–Crippen LogP) is 3.28. The number of alkyl halides is 1. The van der Waals surface area contributed by atoms with Gasteiger partial charge in [0, 0.05) is 11.6 Å². The highest BCUT2D eigenvalue weighted by molar-refractivity contribution is 9.09. The molecule has 1 aromatic carbocycles. The van der Waals surface area contributed by atoms with Gasteiger partial charge in [0.1, 0.15) is 5.82 Å². The first-order valence-corrected chi connectivity index (χ1v) is 6.80. The number of aromatic nitrogens is 2. The van der Waals surface area contributed by atoms with E-state index >= 15 is 0 Å². The summed E-state index contributed by atoms with van der Waals surface area (Å²) < 4.78 is 1.76. The molecule has 3 nitrogen and oxygen atoms in total. The second-order valence-corrected chi connectivity index (χ2v) is 5.74. The lowest BCUT2D eigenvalue weighted by atomic mass is 10.1. The number of fused-ring (bicyclic) bond motifs is 2. The first-order valence-electron chi connectivity index (χ1n) is 5.51. The number of hydrogen-bond donors (Lipinski definition) is 0. The van der Waals surface area contributed by atoms with Gasteiger partial charge in [-0.05, 0) is 31.0 Å². The molecule has 1 aliphatic heterocycles. The molecule has 0 N–H and O–H groups in total. The van der Waals surface area contributed by atoms with E-state index in [9.17, 15) is 4.79 Å². The number of hydrogen-bond acceptors (Lipinski definition) is 2. The van der Waals surface area contributed by atoms with E-state index in [1.165, 1.54) is 0 Å². The SMILES string of the molecule is O=c1c2ccc(Cl)cc2nc2n1CCC[C@H]2Br. The van der Waals surface area contributed by atoms with E-state index in [1.807, 2.05) is 0 Å². The molecule has 0 spiro atoms. The fraction of sp³-hybridized carbons (Fsp3) is 0.333. The molecule has 88 valence electrons. The van der Waals surface area contributed by atoms with Crippen LogP contribution in [0.4, 0.5) is 0 Å². The van der Waals surface area contributed by atoms with Gasteiger partial charge in [0.05, 0.1) is 15.7 Å². The lowest BCUT2D eigenvalue weighted by Gasteiger charge is -2.22. The molecule has 3 rings (SSSR count). The summed E-state index contributed by atoms with van der Waals surface area (Å²) in [5, 5.41) is 1.25. The van der Waals surface area contributed by atoms with Crippen LogP contribution in [0.3, 0.4) is 0 Å². The Hall–Kier alpha value is -0.870. The predicted molar refractivity (Wildman–Crippen MR) is 71.9 cm³/mol. The van der Waals surface area contributed by atoms with E-state index in [1.54, 1.807) is 22.8 Å². The molecule has 2 aromatic rings. The quantitative estimate of drug-likeness (QED) is 0.700. The molecule has 0 amide bonds. The van der Waals surface area contributed by atoms with E-state index in [0.717, 1.165) is 25.2 Å². The van der Waals surface area contributed by atoms with Crippen molar-refractivity contribution in [1.29, 1.82) is 0 Å². The van der Waals surface area contributed by atoms with E-state index in [0.29, 0.717) is 15.9 Å². The number of rotatable bonds is 0. The highest BCUT2D eigenvalue weighted by Crippen LogP contribution is 2.30. The molecule has 5 heteroatoms. The average Bonchev–Trinajstić information content (AvgIpc) is 2.30. The van der Waals surface area contributed by atoms with Crippen molar-refractivity contribution in [3.8, 4) is 0 Å². The third-order valence-corrected chi connectivity index (χ3v) is 4.17. The standard InChI is InChI=1S/C12H10BrClN2O/c13-9-2-1-5-16-11(9)15-10-6-7(14)3-4-8(10)12(16)17/h3-4,6,9H,1-2,5H2/t9-/m1/s1. The summed E-state index contributed by atoms with van der Waals surface area (Å²) in [6.45, 7) is 0.752. The Kier molecular flexibility index (Phi) is 2.71. The van der Waals surface area contributed by atoms with Gasteiger partial charge in [-0.3, -0.25) is 9.36 Å². The van der Waals surface area contributed by atoms with Gasteiger partial charge in [-0.25, -0.2) is 4.98 Å². The third kappa shape index (κ3) is 1.79. The maximum atomic E-state index is 12.3. The molecular formula is C12H10BrClN2O.